The second-order valence-electron chi connectivity index (χ2n) is 6.56. The molecule has 1 fully saturated rings. The first-order valence-electron chi connectivity index (χ1n) is 8.27. The third-order valence-corrected chi connectivity index (χ3v) is 5.12. The van der Waals surface area contributed by atoms with Crippen LogP contribution < -0.4 is 5.73 Å². The van der Waals surface area contributed by atoms with Crippen molar-refractivity contribution in [1.29, 1.82) is 0 Å². The molecule has 118 valence electrons. The quantitative estimate of drug-likeness (QED) is 0.884. The molecule has 0 bridgehead atoms. The van der Waals surface area contributed by atoms with Crippen LogP contribution in [0, 0.1) is 11.7 Å². The molecule has 2 nitrogen and oxygen atoms in total. The van der Waals surface area contributed by atoms with Gasteiger partial charge in [-0.3, -0.25) is 4.90 Å². The van der Waals surface area contributed by atoms with Crippen LogP contribution in [0.25, 0.3) is 0 Å². The van der Waals surface area contributed by atoms with Gasteiger partial charge in [0.15, 0.2) is 0 Å². The summed E-state index contributed by atoms with van der Waals surface area (Å²) in [7, 11) is 2.19. The van der Waals surface area contributed by atoms with Gasteiger partial charge in [-0.05, 0) is 49.9 Å². The Balaban J connectivity index is 2.24. The number of hydrogen-bond donors (Lipinski definition) is 1. The van der Waals surface area contributed by atoms with Crippen LogP contribution in [0.2, 0.25) is 0 Å². The van der Waals surface area contributed by atoms with Gasteiger partial charge in [-0.1, -0.05) is 38.8 Å². The van der Waals surface area contributed by atoms with Crippen molar-refractivity contribution < 1.29 is 4.39 Å². The minimum absolute atomic E-state index is 0.0783. The van der Waals surface area contributed by atoms with Gasteiger partial charge in [0, 0.05) is 18.1 Å². The Morgan fingerprint density at radius 1 is 1.24 bits per heavy atom. The molecule has 1 saturated carbocycles. The summed E-state index contributed by atoms with van der Waals surface area (Å²) in [6.07, 6.45) is 6.11. The fourth-order valence-corrected chi connectivity index (χ4v) is 3.78. The van der Waals surface area contributed by atoms with Crippen molar-refractivity contribution in [3.8, 4) is 0 Å². The molecule has 4 atom stereocenters. The van der Waals surface area contributed by atoms with Crippen LogP contribution in [0.3, 0.4) is 0 Å². The topological polar surface area (TPSA) is 29.3 Å². The molecule has 0 heterocycles. The first-order valence-corrected chi connectivity index (χ1v) is 8.27. The van der Waals surface area contributed by atoms with Crippen LogP contribution in [0.15, 0.2) is 24.3 Å². The van der Waals surface area contributed by atoms with Gasteiger partial charge in [0.25, 0.3) is 0 Å². The van der Waals surface area contributed by atoms with Crippen LogP contribution in [-0.4, -0.2) is 24.0 Å². The molecule has 3 heteroatoms. The fourth-order valence-electron chi connectivity index (χ4n) is 3.78. The van der Waals surface area contributed by atoms with Gasteiger partial charge in [-0.2, -0.15) is 0 Å². The Kier molecular flexibility index (Phi) is 5.77. The van der Waals surface area contributed by atoms with Crippen LogP contribution in [0.4, 0.5) is 4.39 Å². The van der Waals surface area contributed by atoms with E-state index in [1.54, 1.807) is 12.1 Å². The summed E-state index contributed by atoms with van der Waals surface area (Å²) in [4.78, 5) is 2.45. The summed E-state index contributed by atoms with van der Waals surface area (Å²) in [6, 6.07) is 7.69. The molecule has 0 aromatic heterocycles. The molecule has 0 amide bonds. The van der Waals surface area contributed by atoms with Gasteiger partial charge in [0.1, 0.15) is 5.82 Å². The van der Waals surface area contributed by atoms with Crippen LogP contribution >= 0.6 is 0 Å². The Labute approximate surface area is 128 Å². The normalized spacial score (nSPS) is 25.8. The molecule has 1 aliphatic rings. The number of benzene rings is 1. The predicted octanol–water partition coefficient (Wildman–Crippen LogP) is 4.11. The van der Waals surface area contributed by atoms with Gasteiger partial charge >= 0.3 is 0 Å². The SMILES string of the molecule is CCC(N)C(c1ccc(F)cc1)N(C)C1CCCCC1C. The third-order valence-electron chi connectivity index (χ3n) is 5.12. The van der Waals surface area contributed by atoms with Gasteiger partial charge in [0.2, 0.25) is 0 Å². The Morgan fingerprint density at radius 2 is 1.86 bits per heavy atom. The molecule has 0 radical (unpaired) electrons. The number of nitrogens with two attached hydrogens (primary N) is 1. The van der Waals surface area contributed by atoms with Crippen LogP contribution in [0.5, 0.6) is 0 Å². The Morgan fingerprint density at radius 3 is 2.43 bits per heavy atom. The number of rotatable bonds is 5. The van der Waals surface area contributed by atoms with Crippen molar-refractivity contribution in [2.24, 2.45) is 11.7 Å². The highest BCUT2D eigenvalue weighted by Crippen LogP contribution is 2.34. The largest absolute Gasteiger partial charge is 0.326 e. The Hall–Kier alpha value is -0.930. The zero-order chi connectivity index (χ0) is 15.4. The van der Waals surface area contributed by atoms with E-state index in [-0.39, 0.29) is 17.9 Å². The molecular weight excluding hydrogens is 263 g/mol. The van der Waals surface area contributed by atoms with Crippen molar-refractivity contribution in [3.63, 3.8) is 0 Å². The van der Waals surface area contributed by atoms with E-state index in [2.05, 4.69) is 25.8 Å². The summed E-state index contributed by atoms with van der Waals surface area (Å²) in [5, 5.41) is 0. The van der Waals surface area contributed by atoms with E-state index in [1.807, 2.05) is 12.1 Å². The smallest absolute Gasteiger partial charge is 0.123 e. The molecule has 1 aromatic rings. The van der Waals surface area contributed by atoms with Gasteiger partial charge in [-0.15, -0.1) is 0 Å². The highest BCUT2D eigenvalue weighted by Gasteiger charge is 2.32. The van der Waals surface area contributed by atoms with E-state index in [0.29, 0.717) is 12.0 Å². The Bertz CT molecular complexity index is 431. The number of nitrogens with zero attached hydrogens (tertiary/aromatic N) is 1. The average molecular weight is 292 g/mol. The molecule has 1 aromatic carbocycles. The van der Waals surface area contributed by atoms with E-state index in [9.17, 15) is 4.39 Å². The molecule has 4 unspecified atom stereocenters. The first kappa shape index (κ1) is 16.4. The van der Waals surface area contributed by atoms with Crippen molar-refractivity contribution >= 4 is 0 Å². The summed E-state index contributed by atoms with van der Waals surface area (Å²) in [5.74, 6) is 0.520. The maximum Gasteiger partial charge on any atom is 0.123 e. The number of likely N-dealkylation sites (N-methyl/N-ethyl adjacent to an activating group) is 1. The monoisotopic (exact) mass is 292 g/mol. The highest BCUT2D eigenvalue weighted by molar-refractivity contribution is 5.22. The van der Waals surface area contributed by atoms with Gasteiger partial charge < -0.3 is 5.73 Å². The van der Waals surface area contributed by atoms with Gasteiger partial charge in [-0.25, -0.2) is 4.39 Å². The summed E-state index contributed by atoms with van der Waals surface area (Å²) in [6.45, 7) is 4.47. The van der Waals surface area contributed by atoms with Crippen LogP contribution in [-0.2, 0) is 0 Å². The third kappa shape index (κ3) is 3.83. The number of hydrogen-bond acceptors (Lipinski definition) is 2. The molecule has 0 spiro atoms. The first-order chi connectivity index (χ1) is 10.0. The van der Waals surface area contributed by atoms with Crippen molar-refractivity contribution in [2.45, 2.75) is 64.1 Å². The van der Waals surface area contributed by atoms with E-state index in [0.717, 1.165) is 12.0 Å². The van der Waals surface area contributed by atoms with Gasteiger partial charge in [0.05, 0.1) is 0 Å². The predicted molar refractivity (Wildman–Crippen MR) is 86.6 cm³/mol. The zero-order valence-corrected chi connectivity index (χ0v) is 13.6. The molecule has 0 saturated heterocycles. The lowest BCUT2D eigenvalue weighted by molar-refractivity contribution is 0.0823. The molecule has 1 aliphatic carbocycles. The second kappa shape index (κ2) is 7.37. The van der Waals surface area contributed by atoms with E-state index >= 15 is 0 Å². The molecule has 21 heavy (non-hydrogen) atoms. The molecule has 2 N–H and O–H groups in total. The molecular formula is C18H29FN2. The minimum atomic E-state index is -0.184. The lowest BCUT2D eigenvalue weighted by atomic mass is 9.83. The second-order valence-corrected chi connectivity index (χ2v) is 6.56. The summed E-state index contributed by atoms with van der Waals surface area (Å²) < 4.78 is 13.2. The van der Waals surface area contributed by atoms with E-state index in [1.165, 1.54) is 25.7 Å². The van der Waals surface area contributed by atoms with Crippen molar-refractivity contribution in [2.75, 3.05) is 7.05 Å². The maximum atomic E-state index is 13.2. The highest BCUT2D eigenvalue weighted by atomic mass is 19.1. The molecule has 0 aliphatic heterocycles. The maximum absolute atomic E-state index is 13.2. The van der Waals surface area contributed by atoms with Crippen molar-refractivity contribution in [3.05, 3.63) is 35.6 Å². The lowest BCUT2D eigenvalue weighted by Crippen LogP contribution is -2.47. The standard InChI is InChI=1S/C18H29FN2/c1-4-16(20)18(14-9-11-15(19)12-10-14)21(3)17-8-6-5-7-13(17)2/h9-13,16-18H,4-8,20H2,1-3H3. The van der Waals surface area contributed by atoms with E-state index < -0.39 is 0 Å². The van der Waals surface area contributed by atoms with Crippen molar-refractivity contribution in [1.82, 2.24) is 4.90 Å². The molecule has 2 rings (SSSR count). The zero-order valence-electron chi connectivity index (χ0n) is 13.6. The van der Waals surface area contributed by atoms with Crippen LogP contribution in [0.1, 0.15) is 57.6 Å². The summed E-state index contributed by atoms with van der Waals surface area (Å²) >= 11 is 0. The number of halogens is 1. The fraction of sp³-hybridized carbons (Fsp3) is 0.667. The van der Waals surface area contributed by atoms with E-state index in [4.69, 9.17) is 5.73 Å². The average Bonchev–Trinajstić information content (AvgIpc) is 2.49. The summed E-state index contributed by atoms with van der Waals surface area (Å²) in [5.41, 5.74) is 7.54. The lowest BCUT2D eigenvalue weighted by Gasteiger charge is -2.43. The minimum Gasteiger partial charge on any atom is -0.326 e.